The summed E-state index contributed by atoms with van der Waals surface area (Å²) in [7, 11) is 1.47. The molecule has 0 saturated carbocycles. The number of carbonyl (C=O) groups is 1. The van der Waals surface area contributed by atoms with E-state index in [1.54, 1.807) is 57.2 Å². The van der Waals surface area contributed by atoms with Gasteiger partial charge in [0.25, 0.3) is 0 Å². The first-order valence-electron chi connectivity index (χ1n) is 13.4. The number of nitrogens with zero attached hydrogens (tertiary/aromatic N) is 5. The molecule has 0 radical (unpaired) electrons. The first kappa shape index (κ1) is 29.9. The Labute approximate surface area is 243 Å². The molecular formula is C30H28F5N5O3. The number of fused-ring (bicyclic) bond motifs is 1. The molecule has 4 aromatic rings. The number of rotatable bonds is 5. The fourth-order valence-electron chi connectivity index (χ4n) is 4.64. The molecular weight excluding hydrogens is 573 g/mol. The van der Waals surface area contributed by atoms with Crippen molar-refractivity contribution < 1.29 is 36.2 Å². The number of alkyl halides is 3. The van der Waals surface area contributed by atoms with Crippen LogP contribution < -0.4 is 4.74 Å². The van der Waals surface area contributed by atoms with Crippen molar-refractivity contribution in [2.75, 3.05) is 6.54 Å². The Morgan fingerprint density at radius 1 is 1.07 bits per heavy atom. The first-order chi connectivity index (χ1) is 20.2. The number of halogens is 5. The van der Waals surface area contributed by atoms with Crippen molar-refractivity contribution in [3.05, 3.63) is 77.3 Å². The highest BCUT2D eigenvalue weighted by atomic mass is 19.4. The number of carbonyl (C=O) groups excluding carboxylic acids is 1. The van der Waals surface area contributed by atoms with E-state index in [0.29, 0.717) is 36.7 Å². The fraction of sp³-hybridized carbons (Fsp3) is 0.333. The van der Waals surface area contributed by atoms with Gasteiger partial charge in [0.15, 0.2) is 28.9 Å². The summed E-state index contributed by atoms with van der Waals surface area (Å²) < 4.78 is 84.5. The van der Waals surface area contributed by atoms with E-state index in [2.05, 4.69) is 15.1 Å². The Kier molecular flexibility index (Phi) is 7.84. The first-order valence-corrected chi connectivity index (χ1v) is 13.4. The molecule has 0 unspecified atom stereocenters. The minimum Gasteiger partial charge on any atom is -0.483 e. The van der Waals surface area contributed by atoms with E-state index in [9.17, 15) is 18.0 Å². The van der Waals surface area contributed by atoms with Gasteiger partial charge in [0.05, 0.1) is 16.6 Å². The van der Waals surface area contributed by atoms with E-state index < -0.39 is 46.4 Å². The van der Waals surface area contributed by atoms with E-state index in [-0.39, 0.29) is 29.2 Å². The van der Waals surface area contributed by atoms with Crippen LogP contribution >= 0.6 is 0 Å². The smallest absolute Gasteiger partial charge is 0.419 e. The lowest BCUT2D eigenvalue weighted by atomic mass is 10.0. The third-order valence-corrected chi connectivity index (χ3v) is 6.58. The normalized spacial score (nSPS) is 14.2. The van der Waals surface area contributed by atoms with Gasteiger partial charge in [-0.3, -0.25) is 4.90 Å². The number of benzene rings is 2. The topological polar surface area (TPSA) is 82.4 Å². The molecule has 0 bridgehead atoms. The lowest BCUT2D eigenvalue weighted by Gasteiger charge is -2.30. The second-order valence-electron chi connectivity index (χ2n) is 11.0. The van der Waals surface area contributed by atoms with Gasteiger partial charge in [-0.25, -0.2) is 28.2 Å². The maximum Gasteiger partial charge on any atom is 0.419 e. The second kappa shape index (κ2) is 11.3. The summed E-state index contributed by atoms with van der Waals surface area (Å²) in [5.41, 5.74) is -2.26. The van der Waals surface area contributed by atoms with Crippen LogP contribution in [0.3, 0.4) is 0 Å². The molecule has 0 N–H and O–H groups in total. The van der Waals surface area contributed by atoms with Crippen LogP contribution in [0, 0.1) is 11.6 Å². The van der Waals surface area contributed by atoms with E-state index in [1.165, 1.54) is 22.8 Å². The Morgan fingerprint density at radius 2 is 1.79 bits per heavy atom. The number of aryl methyl sites for hydroxylation is 1. The van der Waals surface area contributed by atoms with Gasteiger partial charge >= 0.3 is 12.3 Å². The largest absolute Gasteiger partial charge is 0.483 e. The summed E-state index contributed by atoms with van der Waals surface area (Å²) in [6, 6.07) is 8.62. The number of ether oxygens (including phenoxy) is 2. The minimum absolute atomic E-state index is 0.110. The van der Waals surface area contributed by atoms with Crippen molar-refractivity contribution in [2.24, 2.45) is 7.05 Å². The summed E-state index contributed by atoms with van der Waals surface area (Å²) >= 11 is 0. The van der Waals surface area contributed by atoms with Crippen molar-refractivity contribution >= 4 is 22.8 Å². The predicted molar refractivity (Wildman–Crippen MR) is 148 cm³/mol. The van der Waals surface area contributed by atoms with Crippen molar-refractivity contribution in [1.82, 2.24) is 24.6 Å². The lowest BCUT2D eigenvalue weighted by molar-refractivity contribution is -0.140. The van der Waals surface area contributed by atoms with Crippen LogP contribution in [0.2, 0.25) is 0 Å². The van der Waals surface area contributed by atoms with Gasteiger partial charge in [-0.2, -0.15) is 18.3 Å². The highest BCUT2D eigenvalue weighted by Gasteiger charge is 2.39. The second-order valence-corrected chi connectivity index (χ2v) is 11.0. The Bertz CT molecular complexity index is 1710. The zero-order chi connectivity index (χ0) is 31.1. The van der Waals surface area contributed by atoms with E-state index in [0.717, 1.165) is 0 Å². The Balaban J connectivity index is 1.58. The Hall–Kier alpha value is -4.55. The molecule has 8 nitrogen and oxygen atoms in total. The number of hydrogen-bond acceptors (Lipinski definition) is 6. The molecule has 2 aromatic carbocycles. The molecule has 2 aromatic heterocycles. The zero-order valence-corrected chi connectivity index (χ0v) is 23.8. The highest BCUT2D eigenvalue weighted by molar-refractivity contribution is 5.92. The summed E-state index contributed by atoms with van der Waals surface area (Å²) in [6.45, 7) is 5.23. The van der Waals surface area contributed by atoms with Crippen LogP contribution in [0.1, 0.15) is 50.6 Å². The van der Waals surface area contributed by atoms with Crippen LogP contribution in [-0.2, 0) is 24.6 Å². The van der Waals surface area contributed by atoms with E-state index in [4.69, 9.17) is 9.47 Å². The number of allylic oxidation sites excluding steroid dienone is 1. The van der Waals surface area contributed by atoms with Gasteiger partial charge in [0.2, 0.25) is 0 Å². The molecule has 1 aliphatic rings. The van der Waals surface area contributed by atoms with Crippen molar-refractivity contribution in [1.29, 1.82) is 0 Å². The van der Waals surface area contributed by atoms with Gasteiger partial charge < -0.3 is 9.47 Å². The van der Waals surface area contributed by atoms with Crippen LogP contribution in [0.25, 0.3) is 28.0 Å². The molecule has 43 heavy (non-hydrogen) atoms. The third kappa shape index (κ3) is 6.15. The van der Waals surface area contributed by atoms with Gasteiger partial charge in [0, 0.05) is 25.4 Å². The standard InChI is InChI=1S/C30H28F5N5O3/c1-29(2,3)43-28(41)40-13-9-8-12-21(40)26-36-15-19-24(38-39(4)27(19)37-26)18-14-20(30(33,34)35)23(32)25(22(18)31)42-16-17-10-6-5-7-11-17/h5-7,10-12,14-15H,8-9,13,16H2,1-4H3. The summed E-state index contributed by atoms with van der Waals surface area (Å²) in [5, 5.41) is 4.34. The SMILES string of the molecule is Cn1nc(-c2cc(C(F)(F)F)c(F)c(OCc3ccccc3)c2F)c2cnc(C3=CCCCN3C(=O)OC(C)(C)C)nc21. The zero-order valence-electron chi connectivity index (χ0n) is 23.8. The van der Waals surface area contributed by atoms with Crippen LogP contribution in [0.4, 0.5) is 26.7 Å². The summed E-state index contributed by atoms with van der Waals surface area (Å²) in [4.78, 5) is 23.2. The average molecular weight is 602 g/mol. The van der Waals surface area contributed by atoms with Gasteiger partial charge in [-0.1, -0.05) is 36.4 Å². The fourth-order valence-corrected chi connectivity index (χ4v) is 4.64. The number of aromatic nitrogens is 4. The van der Waals surface area contributed by atoms with Gasteiger partial charge in [-0.15, -0.1) is 0 Å². The molecule has 0 atom stereocenters. The Morgan fingerprint density at radius 3 is 2.47 bits per heavy atom. The molecule has 5 rings (SSSR count). The van der Waals surface area contributed by atoms with Crippen molar-refractivity contribution in [3.8, 4) is 17.0 Å². The molecule has 226 valence electrons. The van der Waals surface area contributed by atoms with E-state index >= 15 is 8.78 Å². The van der Waals surface area contributed by atoms with E-state index in [1.807, 2.05) is 0 Å². The monoisotopic (exact) mass is 601 g/mol. The van der Waals surface area contributed by atoms with Gasteiger partial charge in [0.1, 0.15) is 17.9 Å². The number of hydrogen-bond donors (Lipinski definition) is 0. The minimum atomic E-state index is -5.15. The van der Waals surface area contributed by atoms with Gasteiger partial charge in [-0.05, 0) is 45.2 Å². The maximum absolute atomic E-state index is 15.8. The molecule has 3 heterocycles. The van der Waals surface area contributed by atoms with Crippen molar-refractivity contribution in [2.45, 2.75) is 52.0 Å². The lowest BCUT2D eigenvalue weighted by Crippen LogP contribution is -2.38. The summed E-state index contributed by atoms with van der Waals surface area (Å²) in [6.07, 6.45) is -1.31. The molecule has 1 aliphatic heterocycles. The average Bonchev–Trinajstić information content (AvgIpc) is 3.27. The molecule has 0 saturated heterocycles. The third-order valence-electron chi connectivity index (χ3n) is 6.58. The molecule has 0 spiro atoms. The quantitative estimate of drug-likeness (QED) is 0.224. The summed E-state index contributed by atoms with van der Waals surface area (Å²) in [5.74, 6) is -4.24. The molecule has 13 heteroatoms. The van der Waals surface area contributed by atoms with Crippen LogP contribution in [-0.4, -0.2) is 42.9 Å². The number of amides is 1. The predicted octanol–water partition coefficient (Wildman–Crippen LogP) is 7.28. The maximum atomic E-state index is 15.8. The molecule has 0 fully saturated rings. The highest BCUT2D eigenvalue weighted by Crippen LogP contribution is 2.42. The molecule has 1 amide bonds. The van der Waals surface area contributed by atoms with Crippen LogP contribution in [0.15, 0.2) is 48.7 Å². The molecule has 0 aliphatic carbocycles. The van der Waals surface area contributed by atoms with Crippen LogP contribution in [0.5, 0.6) is 5.75 Å². The van der Waals surface area contributed by atoms with Crippen molar-refractivity contribution in [3.63, 3.8) is 0 Å².